The fraction of sp³-hybridized carbons (Fsp3) is 0.520. The van der Waals surface area contributed by atoms with Gasteiger partial charge in [0.2, 0.25) is 0 Å². The molecule has 4 heterocycles. The number of nitrogens with zero attached hydrogens (tertiary/aromatic N) is 4. The molecule has 2 saturated heterocycles. The summed E-state index contributed by atoms with van der Waals surface area (Å²) in [6, 6.07) is 7.18. The second-order valence-corrected chi connectivity index (χ2v) is 8.87. The molecule has 0 N–H and O–H groups in total. The van der Waals surface area contributed by atoms with Gasteiger partial charge in [-0.15, -0.1) is 0 Å². The minimum absolute atomic E-state index is 0.133. The Morgan fingerprint density at radius 3 is 1.39 bits per heavy atom. The van der Waals surface area contributed by atoms with Crippen LogP contribution in [0.1, 0.15) is 65.7 Å². The Labute approximate surface area is 184 Å². The molecule has 0 unspecified atom stereocenters. The standard InChI is InChI=1S/C25H32N4O2/c30-24(22-4-12-26-13-5-22)28-16-8-20(9-17-28)2-1-3-21-10-18-29(19-11-21)25(31)23-6-14-27-15-7-23/h4-7,12-15,20-21H,1-3,8-11,16-19H2. The normalized spacial score (nSPS) is 18.2. The molecular weight excluding hydrogens is 388 g/mol. The Hall–Kier alpha value is -2.76. The Morgan fingerprint density at radius 2 is 1.03 bits per heavy atom. The summed E-state index contributed by atoms with van der Waals surface area (Å²) in [6.45, 7) is 3.45. The summed E-state index contributed by atoms with van der Waals surface area (Å²) in [6.07, 6.45) is 14.9. The summed E-state index contributed by atoms with van der Waals surface area (Å²) in [5.74, 6) is 1.73. The van der Waals surface area contributed by atoms with Crippen LogP contribution in [-0.2, 0) is 0 Å². The minimum atomic E-state index is 0.133. The molecule has 0 aromatic carbocycles. The zero-order valence-corrected chi connectivity index (χ0v) is 18.2. The summed E-state index contributed by atoms with van der Waals surface area (Å²) in [4.78, 5) is 37.1. The van der Waals surface area contributed by atoms with Crippen LogP contribution >= 0.6 is 0 Å². The molecular formula is C25H32N4O2. The quantitative estimate of drug-likeness (QED) is 0.707. The van der Waals surface area contributed by atoms with E-state index in [9.17, 15) is 9.59 Å². The van der Waals surface area contributed by atoms with Gasteiger partial charge in [-0.05, 0) is 61.8 Å². The van der Waals surface area contributed by atoms with Gasteiger partial charge < -0.3 is 9.80 Å². The zero-order chi connectivity index (χ0) is 21.5. The minimum Gasteiger partial charge on any atom is -0.339 e. The van der Waals surface area contributed by atoms with Gasteiger partial charge in [0.25, 0.3) is 11.8 Å². The molecule has 2 aliphatic heterocycles. The molecule has 6 nitrogen and oxygen atoms in total. The van der Waals surface area contributed by atoms with Crippen molar-refractivity contribution in [1.29, 1.82) is 0 Å². The molecule has 4 rings (SSSR count). The van der Waals surface area contributed by atoms with Crippen LogP contribution in [0.5, 0.6) is 0 Å². The smallest absolute Gasteiger partial charge is 0.253 e. The highest BCUT2D eigenvalue weighted by molar-refractivity contribution is 5.94. The van der Waals surface area contributed by atoms with Crippen LogP contribution in [0.15, 0.2) is 49.1 Å². The van der Waals surface area contributed by atoms with Crippen molar-refractivity contribution in [2.75, 3.05) is 26.2 Å². The van der Waals surface area contributed by atoms with Crippen molar-refractivity contribution >= 4 is 11.8 Å². The SMILES string of the molecule is O=C(c1ccncc1)N1CCC(CCCC2CCN(C(=O)c3ccncc3)CC2)CC1. The van der Waals surface area contributed by atoms with Crippen LogP contribution < -0.4 is 0 Å². The van der Waals surface area contributed by atoms with Gasteiger partial charge in [0.05, 0.1) is 0 Å². The average molecular weight is 421 g/mol. The summed E-state index contributed by atoms with van der Waals surface area (Å²) >= 11 is 0. The Balaban J connectivity index is 1.12. The lowest BCUT2D eigenvalue weighted by molar-refractivity contribution is 0.0680. The number of carbonyl (C=O) groups excluding carboxylic acids is 2. The molecule has 2 aromatic rings. The summed E-state index contributed by atoms with van der Waals surface area (Å²) < 4.78 is 0. The predicted molar refractivity (Wildman–Crippen MR) is 120 cm³/mol. The van der Waals surface area contributed by atoms with Crippen LogP contribution in [0.3, 0.4) is 0 Å². The van der Waals surface area contributed by atoms with E-state index in [2.05, 4.69) is 9.97 Å². The van der Waals surface area contributed by atoms with Gasteiger partial charge in [-0.25, -0.2) is 0 Å². The molecule has 0 radical (unpaired) electrons. The van der Waals surface area contributed by atoms with Crippen LogP contribution in [0.4, 0.5) is 0 Å². The molecule has 0 aliphatic carbocycles. The topological polar surface area (TPSA) is 66.4 Å². The van der Waals surface area contributed by atoms with Gasteiger partial charge in [-0.3, -0.25) is 19.6 Å². The first kappa shape index (κ1) is 21.5. The van der Waals surface area contributed by atoms with Crippen molar-refractivity contribution in [1.82, 2.24) is 19.8 Å². The molecule has 2 amide bonds. The molecule has 0 atom stereocenters. The van der Waals surface area contributed by atoms with Crippen molar-refractivity contribution < 1.29 is 9.59 Å². The zero-order valence-electron chi connectivity index (χ0n) is 18.2. The Morgan fingerprint density at radius 1 is 0.677 bits per heavy atom. The predicted octanol–water partition coefficient (Wildman–Crippen LogP) is 4.05. The van der Waals surface area contributed by atoms with E-state index in [0.717, 1.165) is 74.8 Å². The van der Waals surface area contributed by atoms with Crippen molar-refractivity contribution in [2.45, 2.75) is 44.9 Å². The van der Waals surface area contributed by atoms with E-state index in [1.54, 1.807) is 49.1 Å². The molecule has 6 heteroatoms. The van der Waals surface area contributed by atoms with Crippen molar-refractivity contribution in [3.05, 3.63) is 60.2 Å². The molecule has 0 spiro atoms. The first-order valence-corrected chi connectivity index (χ1v) is 11.6. The summed E-state index contributed by atoms with van der Waals surface area (Å²) in [5, 5.41) is 0. The third-order valence-electron chi connectivity index (χ3n) is 6.88. The lowest BCUT2D eigenvalue weighted by Gasteiger charge is -2.34. The number of pyridine rings is 2. The maximum atomic E-state index is 12.6. The first-order valence-electron chi connectivity index (χ1n) is 11.6. The van der Waals surface area contributed by atoms with Crippen LogP contribution in [0, 0.1) is 11.8 Å². The second-order valence-electron chi connectivity index (χ2n) is 8.87. The lowest BCUT2D eigenvalue weighted by atomic mass is 9.86. The van der Waals surface area contributed by atoms with E-state index in [4.69, 9.17) is 0 Å². The molecule has 2 fully saturated rings. The molecule has 0 bridgehead atoms. The number of likely N-dealkylation sites (tertiary alicyclic amines) is 2. The molecule has 0 saturated carbocycles. The Bertz CT molecular complexity index is 771. The number of rotatable bonds is 6. The van der Waals surface area contributed by atoms with Crippen molar-refractivity contribution in [2.24, 2.45) is 11.8 Å². The highest BCUT2D eigenvalue weighted by Crippen LogP contribution is 2.28. The van der Waals surface area contributed by atoms with E-state index in [1.165, 1.54) is 19.3 Å². The second kappa shape index (κ2) is 10.5. The number of hydrogen-bond donors (Lipinski definition) is 0. The van der Waals surface area contributed by atoms with E-state index in [0.29, 0.717) is 0 Å². The van der Waals surface area contributed by atoms with Crippen LogP contribution in [-0.4, -0.2) is 57.8 Å². The van der Waals surface area contributed by atoms with Gasteiger partial charge in [-0.2, -0.15) is 0 Å². The van der Waals surface area contributed by atoms with Crippen molar-refractivity contribution in [3.63, 3.8) is 0 Å². The Kier molecular flexibility index (Phi) is 7.28. The molecule has 2 aliphatic rings. The number of piperidine rings is 2. The third kappa shape index (κ3) is 5.69. The molecule has 2 aromatic heterocycles. The highest BCUT2D eigenvalue weighted by Gasteiger charge is 2.25. The molecule has 164 valence electrons. The monoisotopic (exact) mass is 420 g/mol. The number of aromatic nitrogens is 2. The number of carbonyl (C=O) groups is 2. The number of hydrogen-bond acceptors (Lipinski definition) is 4. The van der Waals surface area contributed by atoms with Gasteiger partial charge >= 0.3 is 0 Å². The van der Waals surface area contributed by atoms with Crippen LogP contribution in [0.25, 0.3) is 0 Å². The number of amides is 2. The van der Waals surface area contributed by atoms with E-state index in [-0.39, 0.29) is 11.8 Å². The van der Waals surface area contributed by atoms with Gasteiger partial charge in [0.15, 0.2) is 0 Å². The highest BCUT2D eigenvalue weighted by atomic mass is 16.2. The average Bonchev–Trinajstić information content (AvgIpc) is 2.85. The van der Waals surface area contributed by atoms with Crippen molar-refractivity contribution in [3.8, 4) is 0 Å². The molecule has 31 heavy (non-hydrogen) atoms. The fourth-order valence-corrected chi connectivity index (χ4v) is 4.90. The van der Waals surface area contributed by atoms with E-state index in [1.807, 2.05) is 9.80 Å². The van der Waals surface area contributed by atoms with E-state index < -0.39 is 0 Å². The third-order valence-corrected chi connectivity index (χ3v) is 6.88. The first-order chi connectivity index (χ1) is 15.2. The van der Waals surface area contributed by atoms with Gasteiger partial charge in [-0.1, -0.05) is 19.3 Å². The summed E-state index contributed by atoms with van der Waals surface area (Å²) in [7, 11) is 0. The van der Waals surface area contributed by atoms with E-state index >= 15 is 0 Å². The maximum Gasteiger partial charge on any atom is 0.253 e. The van der Waals surface area contributed by atoms with Crippen LogP contribution in [0.2, 0.25) is 0 Å². The van der Waals surface area contributed by atoms with Gasteiger partial charge in [0, 0.05) is 62.1 Å². The van der Waals surface area contributed by atoms with Gasteiger partial charge in [0.1, 0.15) is 0 Å². The summed E-state index contributed by atoms with van der Waals surface area (Å²) in [5.41, 5.74) is 1.48. The largest absolute Gasteiger partial charge is 0.339 e. The fourth-order valence-electron chi connectivity index (χ4n) is 4.90. The maximum absolute atomic E-state index is 12.6. The lowest BCUT2D eigenvalue weighted by Crippen LogP contribution is -2.39.